The molecule has 0 saturated carbocycles. The molecule has 1 heterocycles. The number of hydrogen-bond donors (Lipinski definition) is 1. The predicted octanol–water partition coefficient (Wildman–Crippen LogP) is 5.93. The quantitative estimate of drug-likeness (QED) is 0.642. The van der Waals surface area contributed by atoms with Crippen LogP contribution in [-0.2, 0) is 0 Å². The molecule has 1 aromatic carbocycles. The second-order valence-electron chi connectivity index (χ2n) is 4.22. The number of aryl methyl sites for hydroxylation is 1. The molecule has 0 aliphatic carbocycles. The van der Waals surface area contributed by atoms with Gasteiger partial charge in [-0.3, -0.25) is 0 Å². The molecule has 0 radical (unpaired) electrons. The zero-order valence-corrected chi connectivity index (χ0v) is 15.4. The van der Waals surface area contributed by atoms with Crippen molar-refractivity contribution >= 4 is 54.8 Å². The van der Waals surface area contributed by atoms with E-state index in [1.165, 1.54) is 10.4 Å². The van der Waals surface area contributed by atoms with Crippen LogP contribution >= 0.6 is 54.8 Å². The molecule has 0 aliphatic heterocycles. The summed E-state index contributed by atoms with van der Waals surface area (Å²) in [5, 5.41) is 4.30. The summed E-state index contributed by atoms with van der Waals surface area (Å²) in [6, 6.07) is 8.35. The standard InChI is InChI=1S/C14H14Br2ClNS/c1-3-18-14(11-7-13(16)19-8(11)2)10-5-4-9(15)6-12(10)17/h4-7,14,18H,3H2,1-2H3. The minimum atomic E-state index is 0.133. The number of benzene rings is 1. The molecule has 2 aromatic rings. The van der Waals surface area contributed by atoms with Gasteiger partial charge < -0.3 is 5.32 Å². The van der Waals surface area contributed by atoms with Crippen LogP contribution < -0.4 is 5.32 Å². The molecule has 5 heteroatoms. The Balaban J connectivity index is 2.48. The molecule has 102 valence electrons. The predicted molar refractivity (Wildman–Crippen MR) is 91.4 cm³/mol. The lowest BCUT2D eigenvalue weighted by Crippen LogP contribution is -2.22. The molecule has 1 N–H and O–H groups in total. The van der Waals surface area contributed by atoms with E-state index in [9.17, 15) is 0 Å². The highest BCUT2D eigenvalue weighted by Gasteiger charge is 2.19. The van der Waals surface area contributed by atoms with Crippen LogP contribution in [0.2, 0.25) is 5.02 Å². The van der Waals surface area contributed by atoms with Crippen LogP contribution in [0.15, 0.2) is 32.5 Å². The minimum Gasteiger partial charge on any atom is -0.306 e. The molecule has 0 fully saturated rings. The Bertz CT molecular complexity index is 583. The molecule has 0 aliphatic rings. The molecule has 2 rings (SSSR count). The Morgan fingerprint density at radius 1 is 1.26 bits per heavy atom. The third kappa shape index (κ3) is 3.61. The van der Waals surface area contributed by atoms with Crippen molar-refractivity contribution < 1.29 is 0 Å². The molecule has 0 amide bonds. The van der Waals surface area contributed by atoms with Crippen molar-refractivity contribution in [2.75, 3.05) is 6.54 Å². The van der Waals surface area contributed by atoms with Gasteiger partial charge in [0.05, 0.1) is 9.83 Å². The van der Waals surface area contributed by atoms with Crippen LogP contribution in [0.3, 0.4) is 0 Å². The summed E-state index contributed by atoms with van der Waals surface area (Å²) in [4.78, 5) is 1.30. The van der Waals surface area contributed by atoms with E-state index in [1.807, 2.05) is 12.1 Å². The van der Waals surface area contributed by atoms with E-state index in [2.05, 4.69) is 63.2 Å². The zero-order valence-electron chi connectivity index (χ0n) is 10.6. The molecule has 0 bridgehead atoms. The third-order valence-corrected chi connectivity index (χ3v) is 5.31. The first-order valence-electron chi connectivity index (χ1n) is 5.97. The van der Waals surface area contributed by atoms with E-state index in [0.29, 0.717) is 0 Å². The number of halogens is 3. The van der Waals surface area contributed by atoms with E-state index in [4.69, 9.17) is 11.6 Å². The van der Waals surface area contributed by atoms with Crippen LogP contribution in [0.25, 0.3) is 0 Å². The van der Waals surface area contributed by atoms with Crippen molar-refractivity contribution in [3.63, 3.8) is 0 Å². The van der Waals surface area contributed by atoms with E-state index < -0.39 is 0 Å². The Morgan fingerprint density at radius 2 is 2.00 bits per heavy atom. The normalized spacial score (nSPS) is 12.7. The number of thiophene rings is 1. The van der Waals surface area contributed by atoms with Gasteiger partial charge in [0, 0.05) is 14.4 Å². The van der Waals surface area contributed by atoms with Crippen molar-refractivity contribution in [2.24, 2.45) is 0 Å². The van der Waals surface area contributed by atoms with Crippen molar-refractivity contribution in [1.29, 1.82) is 0 Å². The average Bonchev–Trinajstić information content (AvgIpc) is 2.66. The summed E-state index contributed by atoms with van der Waals surface area (Å²) in [5.41, 5.74) is 2.39. The molecule has 1 atom stereocenters. The molecule has 19 heavy (non-hydrogen) atoms. The van der Waals surface area contributed by atoms with E-state index >= 15 is 0 Å². The maximum atomic E-state index is 6.39. The average molecular weight is 424 g/mol. The molecular formula is C14H14Br2ClNS. The lowest BCUT2D eigenvalue weighted by molar-refractivity contribution is 0.630. The number of rotatable bonds is 4. The highest BCUT2D eigenvalue weighted by atomic mass is 79.9. The largest absolute Gasteiger partial charge is 0.306 e. The monoisotopic (exact) mass is 421 g/mol. The molecule has 1 unspecified atom stereocenters. The van der Waals surface area contributed by atoms with Gasteiger partial charge in [0.2, 0.25) is 0 Å². The maximum Gasteiger partial charge on any atom is 0.0704 e. The van der Waals surface area contributed by atoms with Gasteiger partial charge in [0.25, 0.3) is 0 Å². The summed E-state index contributed by atoms with van der Waals surface area (Å²) >= 11 is 15.1. The van der Waals surface area contributed by atoms with Crippen LogP contribution in [-0.4, -0.2) is 6.54 Å². The highest BCUT2D eigenvalue weighted by molar-refractivity contribution is 9.11. The third-order valence-electron chi connectivity index (χ3n) is 2.92. The van der Waals surface area contributed by atoms with Crippen LogP contribution in [0, 0.1) is 6.92 Å². The Labute approximate surface area is 139 Å². The summed E-state index contributed by atoms with van der Waals surface area (Å²) < 4.78 is 2.15. The van der Waals surface area contributed by atoms with Gasteiger partial charge in [0.15, 0.2) is 0 Å². The van der Waals surface area contributed by atoms with Crippen LogP contribution in [0.5, 0.6) is 0 Å². The van der Waals surface area contributed by atoms with Gasteiger partial charge in [-0.15, -0.1) is 11.3 Å². The molecule has 0 spiro atoms. The highest BCUT2D eigenvalue weighted by Crippen LogP contribution is 2.36. The Hall–Kier alpha value is 0.130. The van der Waals surface area contributed by atoms with Gasteiger partial charge in [-0.2, -0.15) is 0 Å². The lowest BCUT2D eigenvalue weighted by atomic mass is 9.99. The second kappa shape index (κ2) is 6.72. The second-order valence-corrected chi connectivity index (χ2v) is 8.18. The zero-order chi connectivity index (χ0) is 14.0. The van der Waals surface area contributed by atoms with Crippen LogP contribution in [0.1, 0.15) is 29.0 Å². The van der Waals surface area contributed by atoms with Crippen molar-refractivity contribution in [3.8, 4) is 0 Å². The van der Waals surface area contributed by atoms with Gasteiger partial charge in [-0.05, 0) is 58.7 Å². The van der Waals surface area contributed by atoms with Gasteiger partial charge >= 0.3 is 0 Å². The fraction of sp³-hybridized carbons (Fsp3) is 0.286. The fourth-order valence-corrected chi connectivity index (χ4v) is 4.60. The molecule has 1 nitrogen and oxygen atoms in total. The summed E-state index contributed by atoms with van der Waals surface area (Å²) in [5.74, 6) is 0. The summed E-state index contributed by atoms with van der Waals surface area (Å²) in [6.45, 7) is 5.14. The fourth-order valence-electron chi connectivity index (χ4n) is 2.07. The minimum absolute atomic E-state index is 0.133. The maximum absolute atomic E-state index is 6.39. The Kier molecular flexibility index (Phi) is 5.49. The van der Waals surface area contributed by atoms with Crippen molar-refractivity contribution in [2.45, 2.75) is 19.9 Å². The molecule has 1 aromatic heterocycles. The van der Waals surface area contributed by atoms with E-state index in [1.54, 1.807) is 11.3 Å². The topological polar surface area (TPSA) is 12.0 Å². The molecule has 0 saturated heterocycles. The smallest absolute Gasteiger partial charge is 0.0704 e. The Morgan fingerprint density at radius 3 is 2.53 bits per heavy atom. The first kappa shape index (κ1) is 15.5. The van der Waals surface area contributed by atoms with E-state index in [-0.39, 0.29) is 6.04 Å². The van der Waals surface area contributed by atoms with Crippen molar-refractivity contribution in [3.05, 3.63) is 53.6 Å². The SMILES string of the molecule is CCNC(c1ccc(Br)cc1Cl)c1cc(Br)sc1C. The van der Waals surface area contributed by atoms with Gasteiger partial charge in [0.1, 0.15) is 0 Å². The van der Waals surface area contributed by atoms with Crippen molar-refractivity contribution in [1.82, 2.24) is 5.32 Å². The number of hydrogen-bond acceptors (Lipinski definition) is 2. The van der Waals surface area contributed by atoms with E-state index in [0.717, 1.165) is 25.4 Å². The first-order chi connectivity index (χ1) is 9.02. The molecular weight excluding hydrogens is 409 g/mol. The lowest BCUT2D eigenvalue weighted by Gasteiger charge is -2.20. The van der Waals surface area contributed by atoms with Gasteiger partial charge in [-0.25, -0.2) is 0 Å². The number of nitrogens with one attached hydrogen (secondary N) is 1. The first-order valence-corrected chi connectivity index (χ1v) is 8.75. The van der Waals surface area contributed by atoms with Crippen LogP contribution in [0.4, 0.5) is 0 Å². The summed E-state index contributed by atoms with van der Waals surface area (Å²) in [6.07, 6.45) is 0. The van der Waals surface area contributed by atoms with Gasteiger partial charge in [-0.1, -0.05) is 40.5 Å². The summed E-state index contributed by atoms with van der Waals surface area (Å²) in [7, 11) is 0.